The summed E-state index contributed by atoms with van der Waals surface area (Å²) in [6.07, 6.45) is -4.51. The smallest absolute Gasteiger partial charge is 0.243 e. The normalized spacial score (nSPS) is 12.2. The van der Waals surface area contributed by atoms with Gasteiger partial charge in [-0.05, 0) is 89.3 Å². The first kappa shape index (κ1) is 26.6. The highest BCUT2D eigenvalue weighted by molar-refractivity contribution is 6.28. The summed E-state index contributed by atoms with van der Waals surface area (Å²) in [5, 5.41) is 5.26. The molecule has 0 fully saturated rings. The Labute approximate surface area is 263 Å². The third kappa shape index (κ3) is 3.93. The van der Waals surface area contributed by atoms with Crippen LogP contribution < -0.4 is 0 Å². The molecule has 0 amide bonds. The Morgan fingerprint density at radius 1 is 0.413 bits per heavy atom. The molecule has 0 N–H and O–H groups in total. The quantitative estimate of drug-likeness (QED) is 0.197. The van der Waals surface area contributed by atoms with Crippen molar-refractivity contribution in [3.8, 4) is 55.6 Å². The molecule has 7 aromatic carbocycles. The summed E-state index contributed by atoms with van der Waals surface area (Å²) >= 11 is 0. The zero-order valence-electron chi connectivity index (χ0n) is 24.4. The molecule has 1 heterocycles. The molecule has 0 bridgehead atoms. The molecule has 4 heteroatoms. The van der Waals surface area contributed by atoms with Gasteiger partial charge in [-0.25, -0.2) is 4.98 Å². The number of aromatic nitrogens is 1. The van der Waals surface area contributed by atoms with E-state index in [2.05, 4.69) is 108 Å². The Hall–Kier alpha value is -5.74. The average molecular weight is 600 g/mol. The second-order valence-electron chi connectivity index (χ2n) is 11.8. The molecular formula is C42H24F3N. The first-order valence-electron chi connectivity index (χ1n) is 15.2. The lowest BCUT2D eigenvalue weighted by atomic mass is 9.82. The molecule has 9 rings (SSSR count). The number of benzene rings is 7. The molecule has 0 aliphatic heterocycles. The summed E-state index contributed by atoms with van der Waals surface area (Å²) in [5.41, 5.74) is 10.7. The van der Waals surface area contributed by atoms with Gasteiger partial charge in [0.25, 0.3) is 0 Å². The number of fused-ring (bicyclic) bond motifs is 5. The molecule has 1 aliphatic rings. The highest BCUT2D eigenvalue weighted by Crippen LogP contribution is 2.58. The van der Waals surface area contributed by atoms with Crippen molar-refractivity contribution in [2.45, 2.75) is 6.18 Å². The van der Waals surface area contributed by atoms with Gasteiger partial charge in [0.15, 0.2) is 0 Å². The van der Waals surface area contributed by atoms with Crippen LogP contribution in [0.15, 0.2) is 146 Å². The van der Waals surface area contributed by atoms with Crippen LogP contribution in [-0.2, 0) is 6.18 Å². The minimum Gasteiger partial charge on any atom is -0.243 e. The van der Waals surface area contributed by atoms with Crippen LogP contribution in [0, 0.1) is 0 Å². The Kier molecular flexibility index (Phi) is 5.72. The maximum Gasteiger partial charge on any atom is 0.433 e. The average Bonchev–Trinajstić information content (AvgIpc) is 3.42. The second kappa shape index (κ2) is 9.88. The number of halogens is 3. The van der Waals surface area contributed by atoms with Crippen molar-refractivity contribution in [1.82, 2.24) is 4.98 Å². The third-order valence-electron chi connectivity index (χ3n) is 9.21. The summed E-state index contributed by atoms with van der Waals surface area (Å²) in [6.45, 7) is 0. The van der Waals surface area contributed by atoms with Crippen LogP contribution in [0.25, 0.3) is 88.1 Å². The van der Waals surface area contributed by atoms with Crippen LogP contribution >= 0.6 is 0 Å². The van der Waals surface area contributed by atoms with Crippen molar-refractivity contribution < 1.29 is 13.2 Å². The predicted octanol–water partition coefficient (Wildman–Crippen LogP) is 12.2. The van der Waals surface area contributed by atoms with E-state index in [9.17, 15) is 13.2 Å². The molecule has 1 nitrogen and oxygen atoms in total. The first-order chi connectivity index (χ1) is 22.5. The summed E-state index contributed by atoms with van der Waals surface area (Å²) in [7, 11) is 0. The van der Waals surface area contributed by atoms with E-state index in [4.69, 9.17) is 0 Å². The number of rotatable bonds is 3. The van der Waals surface area contributed by atoms with Crippen LogP contribution in [0.5, 0.6) is 0 Å². The Bertz CT molecular complexity index is 2410. The number of hydrogen-bond donors (Lipinski definition) is 0. The summed E-state index contributed by atoms with van der Waals surface area (Å²) in [4.78, 5) is 3.99. The number of pyridine rings is 1. The lowest BCUT2D eigenvalue weighted by molar-refractivity contribution is -0.140. The van der Waals surface area contributed by atoms with Gasteiger partial charge in [0.1, 0.15) is 5.69 Å². The number of alkyl halides is 3. The zero-order valence-corrected chi connectivity index (χ0v) is 24.4. The Balaban J connectivity index is 1.38. The lowest BCUT2D eigenvalue weighted by Crippen LogP contribution is -2.07. The van der Waals surface area contributed by atoms with Crippen LogP contribution in [0.3, 0.4) is 0 Å². The predicted molar refractivity (Wildman–Crippen MR) is 182 cm³/mol. The van der Waals surface area contributed by atoms with Crippen molar-refractivity contribution in [2.75, 3.05) is 0 Å². The summed E-state index contributed by atoms with van der Waals surface area (Å²) in [5.74, 6) is 0. The number of hydrogen-bond acceptors (Lipinski definition) is 1. The molecule has 46 heavy (non-hydrogen) atoms. The van der Waals surface area contributed by atoms with Gasteiger partial charge in [-0.3, -0.25) is 0 Å². The zero-order chi connectivity index (χ0) is 31.0. The molecule has 0 saturated heterocycles. The van der Waals surface area contributed by atoms with Crippen molar-refractivity contribution >= 4 is 32.4 Å². The molecular weight excluding hydrogens is 575 g/mol. The fourth-order valence-electron chi connectivity index (χ4n) is 7.30. The number of nitrogens with zero attached hydrogens (tertiary/aromatic N) is 1. The molecule has 0 unspecified atom stereocenters. The Morgan fingerprint density at radius 3 is 1.59 bits per heavy atom. The van der Waals surface area contributed by atoms with E-state index in [0.717, 1.165) is 50.2 Å². The third-order valence-corrected chi connectivity index (χ3v) is 9.21. The fourth-order valence-corrected chi connectivity index (χ4v) is 7.30. The van der Waals surface area contributed by atoms with Crippen molar-refractivity contribution in [3.63, 3.8) is 0 Å². The van der Waals surface area contributed by atoms with E-state index >= 15 is 0 Å². The van der Waals surface area contributed by atoms with Gasteiger partial charge in [-0.15, -0.1) is 0 Å². The van der Waals surface area contributed by atoms with Gasteiger partial charge >= 0.3 is 6.18 Å². The van der Waals surface area contributed by atoms with Crippen LogP contribution in [0.2, 0.25) is 0 Å². The van der Waals surface area contributed by atoms with E-state index in [1.165, 1.54) is 39.1 Å². The SMILES string of the molecule is FC(F)(F)c1ccc2ccc(-c3ccc4c5c(cccc35)-c3c-4c(-c4ccccc4)c4ccccc4c3-c3ccccc3)cc2n1. The van der Waals surface area contributed by atoms with Crippen molar-refractivity contribution in [2.24, 2.45) is 0 Å². The first-order valence-corrected chi connectivity index (χ1v) is 15.2. The van der Waals surface area contributed by atoms with E-state index in [0.29, 0.717) is 10.9 Å². The fraction of sp³-hybridized carbons (Fsp3) is 0.0238. The van der Waals surface area contributed by atoms with Gasteiger partial charge < -0.3 is 0 Å². The molecule has 8 aromatic rings. The molecule has 0 atom stereocenters. The summed E-state index contributed by atoms with van der Waals surface area (Å²) in [6, 6.07) is 48.6. The largest absolute Gasteiger partial charge is 0.433 e. The summed E-state index contributed by atoms with van der Waals surface area (Å²) < 4.78 is 40.6. The van der Waals surface area contributed by atoms with E-state index in [-0.39, 0.29) is 0 Å². The van der Waals surface area contributed by atoms with Gasteiger partial charge in [0.05, 0.1) is 5.52 Å². The highest BCUT2D eigenvalue weighted by Gasteiger charge is 2.33. The minimum absolute atomic E-state index is 0.322. The maximum absolute atomic E-state index is 13.5. The standard InChI is InChI=1S/C42H24F3N/c43-42(44,45)36-23-20-25-18-19-28(24-35(25)46-36)29-21-22-34-39-30(29)16-9-17-33(39)40-37(26-10-3-1-4-11-26)31-14-7-8-15-32(31)38(41(34)40)27-12-5-2-6-13-27/h1-24H. The second-order valence-corrected chi connectivity index (χ2v) is 11.8. The van der Waals surface area contributed by atoms with Crippen LogP contribution in [-0.4, -0.2) is 4.98 Å². The van der Waals surface area contributed by atoms with E-state index < -0.39 is 11.9 Å². The Morgan fingerprint density at radius 2 is 0.957 bits per heavy atom. The molecule has 0 spiro atoms. The van der Waals surface area contributed by atoms with Gasteiger partial charge in [-0.1, -0.05) is 133 Å². The van der Waals surface area contributed by atoms with Gasteiger partial charge in [-0.2, -0.15) is 13.2 Å². The topological polar surface area (TPSA) is 12.9 Å². The monoisotopic (exact) mass is 599 g/mol. The van der Waals surface area contributed by atoms with Crippen LogP contribution in [0.1, 0.15) is 5.69 Å². The highest BCUT2D eigenvalue weighted by atomic mass is 19.4. The molecule has 0 saturated carbocycles. The minimum atomic E-state index is -4.51. The lowest BCUT2D eigenvalue weighted by Gasteiger charge is -2.20. The maximum atomic E-state index is 13.5. The molecule has 1 aromatic heterocycles. The van der Waals surface area contributed by atoms with Crippen molar-refractivity contribution in [3.05, 3.63) is 151 Å². The van der Waals surface area contributed by atoms with Crippen LogP contribution in [0.4, 0.5) is 13.2 Å². The van der Waals surface area contributed by atoms with Crippen molar-refractivity contribution in [1.29, 1.82) is 0 Å². The van der Waals surface area contributed by atoms with E-state index in [1.807, 2.05) is 24.3 Å². The molecule has 0 radical (unpaired) electrons. The molecule has 1 aliphatic carbocycles. The molecule has 218 valence electrons. The van der Waals surface area contributed by atoms with E-state index in [1.54, 1.807) is 6.07 Å². The van der Waals surface area contributed by atoms with Gasteiger partial charge in [0, 0.05) is 5.39 Å². The van der Waals surface area contributed by atoms with Gasteiger partial charge in [0.2, 0.25) is 0 Å².